The molecule has 5 nitrogen and oxygen atoms in total. The summed E-state index contributed by atoms with van der Waals surface area (Å²) in [7, 11) is 1.88. The fourth-order valence-electron chi connectivity index (χ4n) is 3.06. The van der Waals surface area contributed by atoms with Crippen LogP contribution in [0.2, 0.25) is 0 Å². The van der Waals surface area contributed by atoms with Gasteiger partial charge in [-0.05, 0) is 36.5 Å². The molecule has 1 saturated carbocycles. The van der Waals surface area contributed by atoms with Crippen molar-refractivity contribution in [2.45, 2.75) is 19.4 Å². The highest BCUT2D eigenvalue weighted by atomic mass is 16.2. The molecule has 0 bridgehead atoms. The van der Waals surface area contributed by atoms with Crippen molar-refractivity contribution in [3.63, 3.8) is 0 Å². The topological polar surface area (TPSA) is 64.2 Å². The van der Waals surface area contributed by atoms with Crippen LogP contribution in [-0.2, 0) is 13.6 Å². The van der Waals surface area contributed by atoms with Crippen LogP contribution in [0.1, 0.15) is 28.8 Å². The van der Waals surface area contributed by atoms with Crippen LogP contribution in [0.25, 0.3) is 11.3 Å². The Hall–Kier alpha value is -2.30. The highest BCUT2D eigenvalue weighted by Gasteiger charge is 2.32. The number of benzene rings is 1. The van der Waals surface area contributed by atoms with E-state index in [0.717, 1.165) is 41.4 Å². The number of amides is 1. The second-order valence-corrected chi connectivity index (χ2v) is 6.08. The number of carbonyl (C=O) groups is 1. The van der Waals surface area contributed by atoms with Gasteiger partial charge in [0.2, 0.25) is 0 Å². The van der Waals surface area contributed by atoms with E-state index in [1.165, 1.54) is 12.8 Å². The number of anilines is 1. The van der Waals surface area contributed by atoms with E-state index in [1.54, 1.807) is 4.68 Å². The Labute approximate surface area is 123 Å². The Morgan fingerprint density at radius 3 is 2.81 bits per heavy atom. The van der Waals surface area contributed by atoms with Gasteiger partial charge in [-0.3, -0.25) is 9.48 Å². The molecule has 1 aliphatic heterocycles. The van der Waals surface area contributed by atoms with Gasteiger partial charge in [-0.1, -0.05) is 6.07 Å². The van der Waals surface area contributed by atoms with Gasteiger partial charge in [-0.25, -0.2) is 0 Å². The zero-order valence-corrected chi connectivity index (χ0v) is 12.0. The van der Waals surface area contributed by atoms with Gasteiger partial charge in [0.15, 0.2) is 0 Å². The van der Waals surface area contributed by atoms with Gasteiger partial charge in [0.25, 0.3) is 5.91 Å². The van der Waals surface area contributed by atoms with Crippen LogP contribution >= 0.6 is 0 Å². The van der Waals surface area contributed by atoms with E-state index >= 15 is 0 Å². The molecule has 1 aromatic carbocycles. The summed E-state index contributed by atoms with van der Waals surface area (Å²) in [5, 5.41) is 4.18. The number of hydrogen-bond donors (Lipinski definition) is 1. The number of carbonyl (C=O) groups excluding carboxylic acids is 1. The number of nitrogens with two attached hydrogens (primary N) is 1. The predicted molar refractivity (Wildman–Crippen MR) is 80.5 cm³/mol. The van der Waals surface area contributed by atoms with Crippen LogP contribution in [0.15, 0.2) is 24.3 Å². The highest BCUT2D eigenvalue weighted by Crippen LogP contribution is 2.34. The number of aromatic nitrogens is 2. The molecule has 1 aliphatic carbocycles. The van der Waals surface area contributed by atoms with Gasteiger partial charge in [-0.15, -0.1) is 0 Å². The van der Waals surface area contributed by atoms with E-state index in [0.29, 0.717) is 5.82 Å². The van der Waals surface area contributed by atoms with Crippen LogP contribution in [0, 0.1) is 5.92 Å². The Kier molecular flexibility index (Phi) is 2.58. The van der Waals surface area contributed by atoms with Crippen molar-refractivity contribution in [1.29, 1.82) is 0 Å². The fraction of sp³-hybridized carbons (Fsp3) is 0.375. The summed E-state index contributed by atoms with van der Waals surface area (Å²) in [4.78, 5) is 14.3. The van der Waals surface area contributed by atoms with Crippen molar-refractivity contribution in [1.82, 2.24) is 14.7 Å². The van der Waals surface area contributed by atoms with Gasteiger partial charge in [0.1, 0.15) is 5.82 Å². The zero-order valence-electron chi connectivity index (χ0n) is 12.0. The molecule has 0 radical (unpaired) electrons. The Morgan fingerprint density at radius 2 is 2.14 bits per heavy atom. The van der Waals surface area contributed by atoms with Crippen molar-refractivity contribution in [3.05, 3.63) is 35.4 Å². The molecule has 0 saturated heterocycles. The minimum Gasteiger partial charge on any atom is -0.382 e. The fourth-order valence-corrected chi connectivity index (χ4v) is 3.06. The van der Waals surface area contributed by atoms with Crippen LogP contribution in [0.4, 0.5) is 5.82 Å². The van der Waals surface area contributed by atoms with Crippen molar-refractivity contribution < 1.29 is 4.79 Å². The number of nitrogens with zero attached hydrogens (tertiary/aromatic N) is 3. The first-order valence-corrected chi connectivity index (χ1v) is 7.34. The summed E-state index contributed by atoms with van der Waals surface area (Å²) in [5.74, 6) is 1.41. The lowest BCUT2D eigenvalue weighted by Gasteiger charge is -2.14. The first-order chi connectivity index (χ1) is 10.1. The van der Waals surface area contributed by atoms with E-state index in [-0.39, 0.29) is 5.91 Å². The van der Waals surface area contributed by atoms with Crippen LogP contribution in [0.5, 0.6) is 0 Å². The van der Waals surface area contributed by atoms with E-state index in [9.17, 15) is 4.79 Å². The SMILES string of the molecule is Cn1nc(N)cc1-c1ccc2c(c1)CN(CC1CC1)C2=O. The maximum atomic E-state index is 12.4. The number of fused-ring (bicyclic) bond motifs is 1. The molecule has 0 spiro atoms. The summed E-state index contributed by atoms with van der Waals surface area (Å²) in [6.45, 7) is 1.63. The van der Waals surface area contributed by atoms with Gasteiger partial charge >= 0.3 is 0 Å². The maximum Gasteiger partial charge on any atom is 0.254 e. The Balaban J connectivity index is 1.67. The van der Waals surface area contributed by atoms with E-state index in [2.05, 4.69) is 11.2 Å². The molecule has 5 heteroatoms. The summed E-state index contributed by atoms with van der Waals surface area (Å²) in [6, 6.07) is 7.87. The molecule has 0 atom stereocenters. The maximum absolute atomic E-state index is 12.4. The molecule has 2 aliphatic rings. The molecule has 1 amide bonds. The van der Waals surface area contributed by atoms with E-state index < -0.39 is 0 Å². The molecule has 1 fully saturated rings. The Bertz CT molecular complexity index is 730. The molecule has 108 valence electrons. The van der Waals surface area contributed by atoms with Crippen LogP contribution < -0.4 is 5.73 Å². The third kappa shape index (κ3) is 2.09. The minimum absolute atomic E-state index is 0.174. The first-order valence-electron chi connectivity index (χ1n) is 7.34. The summed E-state index contributed by atoms with van der Waals surface area (Å²) >= 11 is 0. The third-order valence-corrected chi connectivity index (χ3v) is 4.35. The number of nitrogen functional groups attached to an aromatic ring is 1. The van der Waals surface area contributed by atoms with Crippen molar-refractivity contribution in [2.24, 2.45) is 13.0 Å². The van der Waals surface area contributed by atoms with Gasteiger partial charge in [0, 0.05) is 37.3 Å². The molecule has 2 aromatic rings. The number of hydrogen-bond acceptors (Lipinski definition) is 3. The zero-order chi connectivity index (χ0) is 14.6. The normalized spacial score (nSPS) is 17.4. The van der Waals surface area contributed by atoms with E-state index in [1.807, 2.05) is 30.1 Å². The van der Waals surface area contributed by atoms with Gasteiger partial charge in [0.05, 0.1) is 5.69 Å². The number of rotatable bonds is 3. The average molecular weight is 282 g/mol. The monoisotopic (exact) mass is 282 g/mol. The van der Waals surface area contributed by atoms with Gasteiger partial charge < -0.3 is 10.6 Å². The molecule has 1 aromatic heterocycles. The van der Waals surface area contributed by atoms with Crippen molar-refractivity contribution in [2.75, 3.05) is 12.3 Å². The predicted octanol–water partition coefficient (Wildman–Crippen LogP) is 2.04. The molecule has 0 unspecified atom stereocenters. The lowest BCUT2D eigenvalue weighted by Crippen LogP contribution is -2.26. The van der Waals surface area contributed by atoms with Gasteiger partial charge in [-0.2, -0.15) is 5.10 Å². The summed E-state index contributed by atoms with van der Waals surface area (Å²) in [6.07, 6.45) is 2.53. The van der Waals surface area contributed by atoms with Crippen molar-refractivity contribution >= 4 is 11.7 Å². The lowest BCUT2D eigenvalue weighted by atomic mass is 10.0. The standard InChI is InChI=1S/C16H18N4O/c1-19-14(7-15(17)18-19)11-4-5-13-12(6-11)9-20(16(13)21)8-10-2-3-10/h4-7,10H,2-3,8-9H2,1H3,(H2,17,18). The van der Waals surface area contributed by atoms with Crippen molar-refractivity contribution in [3.8, 4) is 11.3 Å². The second kappa shape index (κ2) is 4.35. The lowest BCUT2D eigenvalue weighted by molar-refractivity contribution is 0.0771. The van der Waals surface area contributed by atoms with Crippen LogP contribution in [0.3, 0.4) is 0 Å². The minimum atomic E-state index is 0.174. The summed E-state index contributed by atoms with van der Waals surface area (Å²) < 4.78 is 1.77. The first kappa shape index (κ1) is 12.4. The van der Waals surface area contributed by atoms with Crippen LogP contribution in [-0.4, -0.2) is 27.1 Å². The Morgan fingerprint density at radius 1 is 1.33 bits per heavy atom. The average Bonchev–Trinajstić information content (AvgIpc) is 3.13. The highest BCUT2D eigenvalue weighted by molar-refractivity contribution is 5.99. The molecular formula is C16H18N4O. The third-order valence-electron chi connectivity index (χ3n) is 4.35. The smallest absolute Gasteiger partial charge is 0.254 e. The molecule has 2 heterocycles. The number of aryl methyl sites for hydroxylation is 1. The second-order valence-electron chi connectivity index (χ2n) is 6.08. The largest absolute Gasteiger partial charge is 0.382 e. The van der Waals surface area contributed by atoms with E-state index in [4.69, 9.17) is 5.73 Å². The molecule has 21 heavy (non-hydrogen) atoms. The molecule has 4 rings (SSSR count). The molecule has 2 N–H and O–H groups in total. The quantitative estimate of drug-likeness (QED) is 0.937. The molecular weight excluding hydrogens is 264 g/mol. The summed E-state index contributed by atoms with van der Waals surface area (Å²) in [5.41, 5.74) is 9.72.